The lowest BCUT2D eigenvalue weighted by molar-refractivity contribution is -0.137. The maximum Gasteiger partial charge on any atom is 0.416 e. The van der Waals surface area contributed by atoms with Gasteiger partial charge in [0.05, 0.1) is 21.3 Å². The third-order valence-electron chi connectivity index (χ3n) is 2.25. The topological polar surface area (TPSA) is 24.4 Å². The van der Waals surface area contributed by atoms with Crippen molar-refractivity contribution in [1.82, 2.24) is 0 Å². The summed E-state index contributed by atoms with van der Waals surface area (Å²) >= 11 is 17.5. The van der Waals surface area contributed by atoms with Crippen molar-refractivity contribution in [1.29, 1.82) is 0 Å². The van der Waals surface area contributed by atoms with E-state index in [4.69, 9.17) is 34.8 Å². The number of hydrazone groups is 1. The van der Waals surface area contributed by atoms with Crippen LogP contribution in [0, 0.1) is 5.41 Å². The maximum absolute atomic E-state index is 12.6. The molecule has 0 heterocycles. The Morgan fingerprint density at radius 1 is 1.10 bits per heavy atom. The molecule has 0 fully saturated rings. The Labute approximate surface area is 129 Å². The summed E-state index contributed by atoms with van der Waals surface area (Å²) in [6, 6.07) is 1.55. The van der Waals surface area contributed by atoms with Crippen molar-refractivity contribution in [2.24, 2.45) is 10.5 Å². The summed E-state index contributed by atoms with van der Waals surface area (Å²) in [7, 11) is 0. The zero-order valence-corrected chi connectivity index (χ0v) is 13.1. The van der Waals surface area contributed by atoms with Crippen molar-refractivity contribution >= 4 is 45.7 Å². The molecule has 0 aliphatic heterocycles. The molecule has 8 heteroatoms. The summed E-state index contributed by atoms with van der Waals surface area (Å²) < 4.78 is 37.7. The molecule has 112 valence electrons. The summed E-state index contributed by atoms with van der Waals surface area (Å²) in [6.45, 7) is 5.49. The van der Waals surface area contributed by atoms with Gasteiger partial charge in [0.15, 0.2) is 0 Å². The number of hydrogen-bond acceptors (Lipinski definition) is 2. The monoisotopic (exact) mass is 346 g/mol. The first-order valence-corrected chi connectivity index (χ1v) is 6.62. The van der Waals surface area contributed by atoms with Crippen LogP contribution in [-0.4, -0.2) is 5.17 Å². The van der Waals surface area contributed by atoms with Gasteiger partial charge in [0.25, 0.3) is 0 Å². The van der Waals surface area contributed by atoms with Gasteiger partial charge in [-0.15, -0.1) is 0 Å². The van der Waals surface area contributed by atoms with Crippen LogP contribution in [0.15, 0.2) is 17.2 Å². The number of alkyl halides is 3. The molecule has 0 aliphatic rings. The van der Waals surface area contributed by atoms with Gasteiger partial charge in [-0.1, -0.05) is 55.6 Å². The van der Waals surface area contributed by atoms with Crippen LogP contribution in [0.3, 0.4) is 0 Å². The minimum atomic E-state index is -4.52. The third-order valence-corrected chi connectivity index (χ3v) is 3.50. The molecule has 0 spiro atoms. The quantitative estimate of drug-likeness (QED) is 0.513. The minimum absolute atomic E-state index is 0.0729. The molecule has 0 radical (unpaired) electrons. The van der Waals surface area contributed by atoms with Gasteiger partial charge >= 0.3 is 6.18 Å². The molecule has 0 aromatic heterocycles. The second-order valence-corrected chi connectivity index (χ2v) is 6.25. The second kappa shape index (κ2) is 6.00. The Bertz CT molecular complexity index is 511. The fourth-order valence-electron chi connectivity index (χ4n) is 1.12. The van der Waals surface area contributed by atoms with E-state index in [9.17, 15) is 13.2 Å². The van der Waals surface area contributed by atoms with Crippen LogP contribution < -0.4 is 5.43 Å². The van der Waals surface area contributed by atoms with Crippen molar-refractivity contribution in [2.75, 3.05) is 5.43 Å². The number of anilines is 1. The van der Waals surface area contributed by atoms with E-state index < -0.39 is 17.2 Å². The number of hydrogen-bond donors (Lipinski definition) is 1. The summed E-state index contributed by atoms with van der Waals surface area (Å²) in [5.41, 5.74) is 1.23. The van der Waals surface area contributed by atoms with Crippen LogP contribution in [0.1, 0.15) is 26.3 Å². The van der Waals surface area contributed by atoms with E-state index in [1.807, 2.05) is 20.8 Å². The van der Waals surface area contributed by atoms with Crippen LogP contribution in [-0.2, 0) is 6.18 Å². The van der Waals surface area contributed by atoms with Crippen molar-refractivity contribution in [3.8, 4) is 0 Å². The lowest BCUT2D eigenvalue weighted by Crippen LogP contribution is -2.16. The van der Waals surface area contributed by atoms with Gasteiger partial charge in [-0.25, -0.2) is 0 Å². The van der Waals surface area contributed by atoms with E-state index in [0.29, 0.717) is 0 Å². The first-order valence-electron chi connectivity index (χ1n) is 5.49. The van der Waals surface area contributed by atoms with Crippen LogP contribution >= 0.6 is 34.8 Å². The normalized spacial score (nSPS) is 13.6. The predicted molar refractivity (Wildman–Crippen MR) is 77.8 cm³/mol. The van der Waals surface area contributed by atoms with Crippen LogP contribution in [0.25, 0.3) is 0 Å². The predicted octanol–water partition coefficient (Wildman–Crippen LogP) is 6.02. The molecule has 0 amide bonds. The van der Waals surface area contributed by atoms with Gasteiger partial charge in [-0.3, -0.25) is 5.43 Å². The van der Waals surface area contributed by atoms with E-state index in [1.165, 1.54) is 0 Å². The third kappa shape index (κ3) is 4.43. The van der Waals surface area contributed by atoms with E-state index >= 15 is 0 Å². The second-order valence-electron chi connectivity index (χ2n) is 5.08. The zero-order valence-electron chi connectivity index (χ0n) is 10.9. The maximum atomic E-state index is 12.6. The Morgan fingerprint density at radius 3 is 1.90 bits per heavy atom. The highest BCUT2D eigenvalue weighted by atomic mass is 35.5. The molecular weight excluding hydrogens is 335 g/mol. The molecule has 0 aliphatic carbocycles. The Morgan fingerprint density at radius 2 is 1.55 bits per heavy atom. The van der Waals surface area contributed by atoms with Crippen molar-refractivity contribution < 1.29 is 13.2 Å². The average molecular weight is 348 g/mol. The van der Waals surface area contributed by atoms with E-state index in [2.05, 4.69) is 10.5 Å². The highest BCUT2D eigenvalue weighted by Gasteiger charge is 2.32. The number of nitrogens with one attached hydrogen (secondary N) is 1. The van der Waals surface area contributed by atoms with Gasteiger partial charge in [-0.2, -0.15) is 18.3 Å². The lowest BCUT2D eigenvalue weighted by Gasteiger charge is -2.16. The minimum Gasteiger partial charge on any atom is -0.274 e. The Hall–Kier alpha value is -0.650. The van der Waals surface area contributed by atoms with E-state index in [0.717, 1.165) is 12.1 Å². The van der Waals surface area contributed by atoms with E-state index in [1.54, 1.807) is 0 Å². The standard InChI is InChI=1S/C12H12Cl3F3N2/c1-11(2,3)10(15)20-19-9-7(13)4-6(5-8(9)14)12(16,17)18/h4-5,19H,1-3H3. The van der Waals surface area contributed by atoms with Gasteiger partial charge in [0.2, 0.25) is 0 Å². The Balaban J connectivity index is 3.11. The van der Waals surface area contributed by atoms with E-state index in [-0.39, 0.29) is 20.9 Å². The fourth-order valence-corrected chi connectivity index (χ4v) is 1.73. The zero-order chi connectivity index (χ0) is 15.7. The molecule has 1 aromatic carbocycles. The molecule has 0 bridgehead atoms. The van der Waals surface area contributed by atoms with Crippen LogP contribution in [0.5, 0.6) is 0 Å². The molecule has 0 saturated carbocycles. The van der Waals surface area contributed by atoms with Gasteiger partial charge < -0.3 is 0 Å². The van der Waals surface area contributed by atoms with Crippen molar-refractivity contribution in [2.45, 2.75) is 26.9 Å². The molecule has 1 N–H and O–H groups in total. The SMILES string of the molecule is CC(C)(C)C(Cl)=NNc1c(Cl)cc(C(F)(F)F)cc1Cl. The molecule has 20 heavy (non-hydrogen) atoms. The van der Waals surface area contributed by atoms with Crippen LogP contribution in [0.2, 0.25) is 10.0 Å². The summed E-state index contributed by atoms with van der Waals surface area (Å²) in [5, 5.41) is 3.73. The Kier molecular flexibility index (Phi) is 5.22. The lowest BCUT2D eigenvalue weighted by atomic mass is 9.99. The first kappa shape index (κ1) is 17.4. The number of benzene rings is 1. The largest absolute Gasteiger partial charge is 0.416 e. The molecule has 0 atom stereocenters. The van der Waals surface area contributed by atoms with Gasteiger partial charge in [0.1, 0.15) is 5.17 Å². The fraction of sp³-hybridized carbons (Fsp3) is 0.417. The highest BCUT2D eigenvalue weighted by Crippen LogP contribution is 2.38. The van der Waals surface area contributed by atoms with Crippen molar-refractivity contribution in [3.05, 3.63) is 27.7 Å². The molecule has 0 unspecified atom stereocenters. The molecule has 0 saturated heterocycles. The molecule has 2 nitrogen and oxygen atoms in total. The number of halogens is 6. The van der Waals surface area contributed by atoms with Gasteiger partial charge in [0, 0.05) is 5.41 Å². The first-order chi connectivity index (χ1) is 8.93. The summed E-state index contributed by atoms with van der Waals surface area (Å²) in [5.74, 6) is 0. The van der Waals surface area contributed by atoms with Crippen molar-refractivity contribution in [3.63, 3.8) is 0 Å². The summed E-state index contributed by atoms with van der Waals surface area (Å²) in [6.07, 6.45) is -4.52. The number of nitrogens with zero attached hydrogens (tertiary/aromatic N) is 1. The molecule has 1 rings (SSSR count). The average Bonchev–Trinajstić information content (AvgIpc) is 2.24. The number of rotatable bonds is 2. The van der Waals surface area contributed by atoms with Crippen LogP contribution in [0.4, 0.5) is 18.9 Å². The molecular formula is C12H12Cl3F3N2. The summed E-state index contributed by atoms with van der Waals surface area (Å²) in [4.78, 5) is 0. The highest BCUT2D eigenvalue weighted by molar-refractivity contribution is 6.66. The molecule has 1 aromatic rings. The smallest absolute Gasteiger partial charge is 0.274 e. The van der Waals surface area contributed by atoms with Gasteiger partial charge in [-0.05, 0) is 12.1 Å².